The summed E-state index contributed by atoms with van der Waals surface area (Å²) >= 11 is 5.67. The summed E-state index contributed by atoms with van der Waals surface area (Å²) in [7, 11) is -7.37. The highest BCUT2D eigenvalue weighted by atomic mass is 35.5. The second kappa shape index (κ2) is 5.15. The molecule has 20 heavy (non-hydrogen) atoms. The van der Waals surface area contributed by atoms with Gasteiger partial charge in [0.1, 0.15) is 5.75 Å². The van der Waals surface area contributed by atoms with Crippen molar-refractivity contribution >= 4 is 31.3 Å². The summed E-state index contributed by atoms with van der Waals surface area (Å²) in [5.74, 6) is -0.877. The molecule has 0 aliphatic rings. The average molecular weight is 337 g/mol. The fourth-order valence-electron chi connectivity index (χ4n) is 1.33. The Morgan fingerprint density at radius 1 is 1.10 bits per heavy atom. The maximum absolute atomic E-state index is 12.1. The summed E-state index contributed by atoms with van der Waals surface area (Å²) in [5, 5.41) is 6.49. The van der Waals surface area contributed by atoms with Gasteiger partial charge in [-0.25, -0.2) is 16.8 Å². The smallest absolute Gasteiger partial charge is 0.335 e. The van der Waals surface area contributed by atoms with Crippen LogP contribution in [-0.2, 0) is 25.4 Å². The highest BCUT2D eigenvalue weighted by Gasteiger charge is 2.22. The van der Waals surface area contributed by atoms with E-state index in [0.717, 1.165) is 6.26 Å². The predicted molar refractivity (Wildman–Crippen MR) is 69.7 cm³/mol. The lowest BCUT2D eigenvalue weighted by atomic mass is 10.4. The second-order valence-corrected chi connectivity index (χ2v) is 8.27. The van der Waals surface area contributed by atoms with Crippen LogP contribution in [0.5, 0.6) is 0 Å². The molecule has 0 saturated carbocycles. The van der Waals surface area contributed by atoms with Gasteiger partial charge in [-0.15, -0.1) is 5.10 Å². The van der Waals surface area contributed by atoms with Gasteiger partial charge in [-0.2, -0.15) is 0 Å². The Kier molecular flexibility index (Phi) is 3.85. The molecule has 0 atom stereocenters. The van der Waals surface area contributed by atoms with Gasteiger partial charge in [0.2, 0.25) is 15.7 Å². The van der Waals surface area contributed by atoms with Crippen LogP contribution in [0.4, 0.5) is 0 Å². The standard InChI is InChI=1S/C10H9ClN2O5S2/c1-19(14,15)10-13-12-9(18-10)6-20(16,17)8-4-2-7(11)3-5-8/h2-5H,6H2,1H3. The number of nitrogens with zero attached hydrogens (tertiary/aromatic N) is 2. The van der Waals surface area contributed by atoms with Crippen molar-refractivity contribution in [3.63, 3.8) is 0 Å². The zero-order valence-corrected chi connectivity index (χ0v) is 12.5. The van der Waals surface area contributed by atoms with Gasteiger partial charge in [0, 0.05) is 11.3 Å². The largest absolute Gasteiger partial charge is 0.411 e. The maximum Gasteiger partial charge on any atom is 0.335 e. The normalized spacial score (nSPS) is 12.5. The summed E-state index contributed by atoms with van der Waals surface area (Å²) in [6, 6.07) is 5.55. The minimum atomic E-state index is -3.71. The molecule has 2 aromatic rings. The molecule has 2 rings (SSSR count). The van der Waals surface area contributed by atoms with E-state index in [4.69, 9.17) is 16.0 Å². The van der Waals surface area contributed by atoms with Crippen molar-refractivity contribution in [2.75, 3.05) is 6.26 Å². The molecule has 1 aromatic carbocycles. The molecule has 108 valence electrons. The summed E-state index contributed by atoms with van der Waals surface area (Å²) in [4.78, 5) is 0.0287. The van der Waals surface area contributed by atoms with Crippen molar-refractivity contribution < 1.29 is 21.3 Å². The third kappa shape index (κ3) is 3.35. The van der Waals surface area contributed by atoms with Crippen molar-refractivity contribution in [1.29, 1.82) is 0 Å². The van der Waals surface area contributed by atoms with Gasteiger partial charge < -0.3 is 4.42 Å². The van der Waals surface area contributed by atoms with Crippen LogP contribution in [0.1, 0.15) is 5.89 Å². The van der Waals surface area contributed by atoms with Crippen LogP contribution in [0.2, 0.25) is 5.02 Å². The van der Waals surface area contributed by atoms with Crippen molar-refractivity contribution in [2.24, 2.45) is 0 Å². The molecule has 0 unspecified atom stereocenters. The van der Waals surface area contributed by atoms with E-state index in [2.05, 4.69) is 10.2 Å². The highest BCUT2D eigenvalue weighted by Crippen LogP contribution is 2.19. The van der Waals surface area contributed by atoms with Crippen LogP contribution in [0.25, 0.3) is 0 Å². The van der Waals surface area contributed by atoms with Crippen molar-refractivity contribution in [3.05, 3.63) is 35.2 Å². The Morgan fingerprint density at radius 2 is 1.70 bits per heavy atom. The molecular weight excluding hydrogens is 328 g/mol. The van der Waals surface area contributed by atoms with Crippen molar-refractivity contribution in [3.8, 4) is 0 Å². The summed E-state index contributed by atoms with van der Waals surface area (Å²) in [6.07, 6.45) is 0.887. The third-order valence-electron chi connectivity index (χ3n) is 2.25. The fraction of sp³-hybridized carbons (Fsp3) is 0.200. The van der Waals surface area contributed by atoms with Crippen LogP contribution in [0.15, 0.2) is 38.8 Å². The molecule has 0 aliphatic carbocycles. The Balaban J connectivity index is 2.29. The first-order valence-electron chi connectivity index (χ1n) is 5.19. The molecule has 0 N–H and O–H groups in total. The molecule has 7 nitrogen and oxygen atoms in total. The molecule has 0 radical (unpaired) electrons. The number of benzene rings is 1. The van der Waals surface area contributed by atoms with E-state index in [1.165, 1.54) is 24.3 Å². The van der Waals surface area contributed by atoms with E-state index in [0.29, 0.717) is 5.02 Å². The topological polar surface area (TPSA) is 107 Å². The monoisotopic (exact) mass is 336 g/mol. The number of hydrogen-bond donors (Lipinski definition) is 0. The number of aromatic nitrogens is 2. The van der Waals surface area contributed by atoms with Gasteiger partial charge in [0.25, 0.3) is 0 Å². The number of sulfone groups is 2. The van der Waals surface area contributed by atoms with E-state index in [-0.39, 0.29) is 10.8 Å². The molecule has 1 aromatic heterocycles. The lowest BCUT2D eigenvalue weighted by Crippen LogP contribution is -2.05. The quantitative estimate of drug-likeness (QED) is 0.822. The van der Waals surface area contributed by atoms with E-state index >= 15 is 0 Å². The van der Waals surface area contributed by atoms with Gasteiger partial charge >= 0.3 is 5.22 Å². The molecule has 1 heterocycles. The van der Waals surface area contributed by atoms with Gasteiger partial charge in [-0.3, -0.25) is 0 Å². The Bertz CT molecular complexity index is 825. The first-order chi connectivity index (χ1) is 9.18. The van der Waals surface area contributed by atoms with Gasteiger partial charge in [0.05, 0.1) is 4.90 Å². The van der Waals surface area contributed by atoms with Gasteiger partial charge in [-0.05, 0) is 24.3 Å². The molecule has 0 fully saturated rings. The Labute approximate surface area is 120 Å². The van der Waals surface area contributed by atoms with Crippen LogP contribution in [-0.4, -0.2) is 33.3 Å². The molecule has 0 amide bonds. The minimum absolute atomic E-state index is 0.0287. The molecular formula is C10H9ClN2O5S2. The summed E-state index contributed by atoms with van der Waals surface area (Å²) < 4.78 is 51.2. The molecule has 0 spiro atoms. The molecule has 0 aliphatic heterocycles. The van der Waals surface area contributed by atoms with Crippen LogP contribution in [0, 0.1) is 0 Å². The predicted octanol–water partition coefficient (Wildman–Crippen LogP) is 1.10. The van der Waals surface area contributed by atoms with Crippen LogP contribution in [0.3, 0.4) is 0 Å². The zero-order valence-electron chi connectivity index (χ0n) is 10.1. The van der Waals surface area contributed by atoms with Crippen LogP contribution < -0.4 is 0 Å². The fourth-order valence-corrected chi connectivity index (χ4v) is 3.06. The maximum atomic E-state index is 12.1. The van der Waals surface area contributed by atoms with E-state index in [1.807, 2.05) is 0 Å². The lowest BCUT2D eigenvalue weighted by molar-refractivity contribution is 0.406. The number of rotatable bonds is 4. The van der Waals surface area contributed by atoms with E-state index < -0.39 is 30.7 Å². The Hall–Kier alpha value is -1.45. The van der Waals surface area contributed by atoms with Crippen LogP contribution >= 0.6 is 11.6 Å². The first kappa shape index (κ1) is 14.9. The highest BCUT2D eigenvalue weighted by molar-refractivity contribution is 7.90. The zero-order chi connectivity index (χ0) is 15.0. The van der Waals surface area contributed by atoms with Gasteiger partial charge in [0.15, 0.2) is 9.84 Å². The first-order valence-corrected chi connectivity index (χ1v) is 9.11. The SMILES string of the molecule is CS(=O)(=O)c1nnc(CS(=O)(=O)c2ccc(Cl)cc2)o1. The summed E-state index contributed by atoms with van der Waals surface area (Å²) in [6.45, 7) is 0. The molecule has 0 bridgehead atoms. The number of hydrogen-bond acceptors (Lipinski definition) is 7. The van der Waals surface area contributed by atoms with Crippen molar-refractivity contribution in [2.45, 2.75) is 15.9 Å². The second-order valence-electron chi connectivity index (χ2n) is 3.95. The lowest BCUT2D eigenvalue weighted by Gasteiger charge is -2.01. The minimum Gasteiger partial charge on any atom is -0.411 e. The molecule has 0 saturated heterocycles. The van der Waals surface area contributed by atoms with Crippen molar-refractivity contribution in [1.82, 2.24) is 10.2 Å². The van der Waals surface area contributed by atoms with Gasteiger partial charge in [-0.1, -0.05) is 16.7 Å². The Morgan fingerprint density at radius 3 is 2.20 bits per heavy atom. The average Bonchev–Trinajstić information content (AvgIpc) is 2.77. The van der Waals surface area contributed by atoms with E-state index in [1.54, 1.807) is 0 Å². The molecule has 10 heteroatoms. The van der Waals surface area contributed by atoms with E-state index in [9.17, 15) is 16.8 Å². The number of halogens is 1. The summed E-state index contributed by atoms with van der Waals surface area (Å²) in [5.41, 5.74) is 0. The third-order valence-corrected chi connectivity index (χ3v) is 4.92.